The fraction of sp³-hybridized carbons (Fsp3) is 0. The standard InChI is InChI=1S/C10H6FNO/c11-10-8-4-2-1-3-7(8)5-12-9(10)6-13/h1-6H. The molecule has 0 saturated heterocycles. The topological polar surface area (TPSA) is 30.0 Å². The normalized spacial score (nSPS) is 10.2. The highest BCUT2D eigenvalue weighted by Gasteiger charge is 2.06. The number of aromatic nitrogens is 1. The number of hydrogen-bond acceptors (Lipinski definition) is 2. The second kappa shape index (κ2) is 2.94. The Labute approximate surface area is 74.0 Å². The molecule has 1 heterocycles. The fourth-order valence-corrected chi connectivity index (χ4v) is 1.23. The Bertz CT molecular complexity index is 467. The van der Waals surface area contributed by atoms with Crippen molar-refractivity contribution < 1.29 is 9.18 Å². The third-order valence-corrected chi connectivity index (χ3v) is 1.88. The van der Waals surface area contributed by atoms with Crippen molar-refractivity contribution in [1.29, 1.82) is 0 Å². The Morgan fingerprint density at radius 3 is 2.85 bits per heavy atom. The number of fused-ring (bicyclic) bond motifs is 1. The molecule has 0 amide bonds. The van der Waals surface area contributed by atoms with Gasteiger partial charge >= 0.3 is 0 Å². The maximum atomic E-state index is 13.4. The van der Waals surface area contributed by atoms with Gasteiger partial charge in [0.15, 0.2) is 12.1 Å². The first kappa shape index (κ1) is 7.86. The third-order valence-electron chi connectivity index (χ3n) is 1.88. The lowest BCUT2D eigenvalue weighted by Crippen LogP contribution is -1.93. The zero-order valence-corrected chi connectivity index (χ0v) is 6.70. The molecule has 0 spiro atoms. The highest BCUT2D eigenvalue weighted by Crippen LogP contribution is 2.17. The predicted molar refractivity (Wildman–Crippen MR) is 47.1 cm³/mol. The van der Waals surface area contributed by atoms with Gasteiger partial charge in [-0.15, -0.1) is 0 Å². The molecule has 0 unspecified atom stereocenters. The molecule has 0 aliphatic carbocycles. The number of rotatable bonds is 1. The van der Waals surface area contributed by atoms with Crippen molar-refractivity contribution in [2.45, 2.75) is 0 Å². The zero-order valence-electron chi connectivity index (χ0n) is 6.70. The maximum absolute atomic E-state index is 13.4. The minimum atomic E-state index is -0.548. The molecule has 1 aromatic carbocycles. The van der Waals surface area contributed by atoms with Gasteiger partial charge in [0, 0.05) is 17.0 Å². The van der Waals surface area contributed by atoms with Crippen LogP contribution in [0.2, 0.25) is 0 Å². The molecule has 0 radical (unpaired) electrons. The van der Waals surface area contributed by atoms with Crippen LogP contribution in [0.1, 0.15) is 10.5 Å². The summed E-state index contributed by atoms with van der Waals surface area (Å²) in [6.45, 7) is 0. The Morgan fingerprint density at radius 1 is 1.31 bits per heavy atom. The van der Waals surface area contributed by atoms with E-state index in [-0.39, 0.29) is 5.69 Å². The van der Waals surface area contributed by atoms with Gasteiger partial charge in [-0.2, -0.15) is 0 Å². The van der Waals surface area contributed by atoms with E-state index < -0.39 is 5.82 Å². The van der Waals surface area contributed by atoms with E-state index in [9.17, 15) is 9.18 Å². The van der Waals surface area contributed by atoms with E-state index in [2.05, 4.69) is 4.98 Å². The fourth-order valence-electron chi connectivity index (χ4n) is 1.23. The molecule has 2 nitrogen and oxygen atoms in total. The van der Waals surface area contributed by atoms with Crippen LogP contribution in [0.3, 0.4) is 0 Å². The summed E-state index contributed by atoms with van der Waals surface area (Å²) in [6.07, 6.45) is 1.91. The van der Waals surface area contributed by atoms with Gasteiger partial charge in [0.05, 0.1) is 0 Å². The number of pyridine rings is 1. The minimum absolute atomic E-state index is 0.140. The molecule has 3 heteroatoms. The summed E-state index contributed by atoms with van der Waals surface area (Å²) in [5.41, 5.74) is -0.140. The Morgan fingerprint density at radius 2 is 2.08 bits per heavy atom. The van der Waals surface area contributed by atoms with Gasteiger partial charge < -0.3 is 0 Å². The van der Waals surface area contributed by atoms with Gasteiger partial charge in [0.1, 0.15) is 5.69 Å². The third kappa shape index (κ3) is 1.18. The largest absolute Gasteiger partial charge is 0.296 e. The van der Waals surface area contributed by atoms with Gasteiger partial charge in [-0.25, -0.2) is 9.37 Å². The van der Waals surface area contributed by atoms with Crippen LogP contribution in [0.25, 0.3) is 10.8 Å². The first-order chi connectivity index (χ1) is 6.33. The van der Waals surface area contributed by atoms with Crippen molar-refractivity contribution in [3.8, 4) is 0 Å². The summed E-state index contributed by atoms with van der Waals surface area (Å²) in [5.74, 6) is -0.548. The average Bonchev–Trinajstić information content (AvgIpc) is 2.19. The highest BCUT2D eigenvalue weighted by atomic mass is 19.1. The second-order valence-corrected chi connectivity index (χ2v) is 2.66. The van der Waals surface area contributed by atoms with Crippen molar-refractivity contribution in [2.75, 3.05) is 0 Å². The summed E-state index contributed by atoms with van der Waals surface area (Å²) in [5, 5.41) is 1.13. The molecular weight excluding hydrogens is 169 g/mol. The Hall–Kier alpha value is -1.77. The number of halogens is 1. The lowest BCUT2D eigenvalue weighted by Gasteiger charge is -1.99. The summed E-state index contributed by atoms with van der Waals surface area (Å²) < 4.78 is 13.4. The first-order valence-electron chi connectivity index (χ1n) is 3.81. The molecular formula is C10H6FNO. The van der Waals surface area contributed by atoms with Crippen LogP contribution in [-0.2, 0) is 0 Å². The van der Waals surface area contributed by atoms with E-state index in [1.807, 2.05) is 0 Å². The van der Waals surface area contributed by atoms with Gasteiger partial charge in [0.2, 0.25) is 0 Å². The maximum Gasteiger partial charge on any atom is 0.171 e. The van der Waals surface area contributed by atoms with Crippen LogP contribution in [0.4, 0.5) is 4.39 Å². The van der Waals surface area contributed by atoms with E-state index in [0.29, 0.717) is 17.1 Å². The highest BCUT2D eigenvalue weighted by molar-refractivity contribution is 5.87. The number of carbonyl (C=O) groups excluding carboxylic acids is 1. The molecule has 0 N–H and O–H groups in total. The Balaban J connectivity index is 2.86. The predicted octanol–water partition coefficient (Wildman–Crippen LogP) is 2.19. The first-order valence-corrected chi connectivity index (χ1v) is 3.81. The minimum Gasteiger partial charge on any atom is -0.296 e. The molecule has 0 bridgehead atoms. The van der Waals surface area contributed by atoms with Crippen molar-refractivity contribution >= 4 is 17.1 Å². The van der Waals surface area contributed by atoms with Crippen molar-refractivity contribution in [3.05, 3.63) is 42.0 Å². The van der Waals surface area contributed by atoms with Gasteiger partial charge in [0.25, 0.3) is 0 Å². The number of hydrogen-bond donors (Lipinski definition) is 0. The van der Waals surface area contributed by atoms with Crippen LogP contribution in [0.15, 0.2) is 30.5 Å². The monoisotopic (exact) mass is 175 g/mol. The number of aldehydes is 1. The molecule has 13 heavy (non-hydrogen) atoms. The number of carbonyl (C=O) groups is 1. The van der Waals surface area contributed by atoms with Crippen molar-refractivity contribution in [1.82, 2.24) is 4.98 Å². The summed E-state index contributed by atoms with van der Waals surface area (Å²) in [4.78, 5) is 14.1. The van der Waals surface area contributed by atoms with Crippen molar-refractivity contribution in [2.24, 2.45) is 0 Å². The Kier molecular flexibility index (Phi) is 1.77. The van der Waals surface area contributed by atoms with Gasteiger partial charge in [-0.1, -0.05) is 24.3 Å². The lowest BCUT2D eigenvalue weighted by atomic mass is 10.1. The molecule has 0 aliphatic heterocycles. The molecule has 64 valence electrons. The van der Waals surface area contributed by atoms with Crippen LogP contribution >= 0.6 is 0 Å². The number of nitrogens with zero attached hydrogens (tertiary/aromatic N) is 1. The SMILES string of the molecule is O=Cc1ncc2ccccc2c1F. The van der Waals surface area contributed by atoms with Crippen LogP contribution in [0.5, 0.6) is 0 Å². The number of benzene rings is 1. The van der Waals surface area contributed by atoms with E-state index in [1.165, 1.54) is 6.20 Å². The van der Waals surface area contributed by atoms with E-state index in [4.69, 9.17) is 0 Å². The molecule has 2 aromatic rings. The summed E-state index contributed by atoms with van der Waals surface area (Å²) in [7, 11) is 0. The molecule has 0 aliphatic rings. The van der Waals surface area contributed by atoms with Crippen LogP contribution in [-0.4, -0.2) is 11.3 Å². The molecule has 0 saturated carbocycles. The second-order valence-electron chi connectivity index (χ2n) is 2.66. The van der Waals surface area contributed by atoms with Crippen molar-refractivity contribution in [3.63, 3.8) is 0 Å². The summed E-state index contributed by atoms with van der Waals surface area (Å²) >= 11 is 0. The zero-order chi connectivity index (χ0) is 9.26. The average molecular weight is 175 g/mol. The van der Waals surface area contributed by atoms with Crippen LogP contribution < -0.4 is 0 Å². The van der Waals surface area contributed by atoms with E-state index >= 15 is 0 Å². The van der Waals surface area contributed by atoms with Crippen LogP contribution in [0, 0.1) is 5.82 Å². The lowest BCUT2D eigenvalue weighted by molar-refractivity contribution is 0.111. The smallest absolute Gasteiger partial charge is 0.171 e. The molecule has 2 rings (SSSR count). The summed E-state index contributed by atoms with van der Waals surface area (Å²) in [6, 6.07) is 6.89. The molecule has 1 aromatic heterocycles. The molecule has 0 fully saturated rings. The van der Waals surface area contributed by atoms with E-state index in [1.54, 1.807) is 24.3 Å². The van der Waals surface area contributed by atoms with E-state index in [0.717, 1.165) is 0 Å². The van der Waals surface area contributed by atoms with Gasteiger partial charge in [-0.05, 0) is 0 Å². The quantitative estimate of drug-likeness (QED) is 0.622. The van der Waals surface area contributed by atoms with Gasteiger partial charge in [-0.3, -0.25) is 4.79 Å². The molecule has 0 atom stereocenters.